The second-order valence-electron chi connectivity index (χ2n) is 6.56. The van der Waals surface area contributed by atoms with Crippen molar-refractivity contribution in [2.75, 3.05) is 5.32 Å². The third-order valence-corrected chi connectivity index (χ3v) is 4.34. The summed E-state index contributed by atoms with van der Waals surface area (Å²) in [5.74, 6) is -0.301. The molecule has 31 heavy (non-hydrogen) atoms. The number of hydrogen-bond donors (Lipinski definition) is 1. The lowest BCUT2D eigenvalue weighted by atomic mass is 10.1. The van der Waals surface area contributed by atoms with Crippen molar-refractivity contribution in [3.63, 3.8) is 0 Å². The zero-order valence-corrected chi connectivity index (χ0v) is 16.6. The van der Waals surface area contributed by atoms with Gasteiger partial charge in [-0.3, -0.25) is 4.79 Å². The summed E-state index contributed by atoms with van der Waals surface area (Å²) in [6.45, 7) is 0. The molecule has 1 N–H and O–H groups in total. The molecule has 0 aliphatic rings. The second-order valence-corrected chi connectivity index (χ2v) is 6.56. The van der Waals surface area contributed by atoms with Gasteiger partial charge in [0.05, 0.1) is 16.9 Å². The summed E-state index contributed by atoms with van der Waals surface area (Å²) < 4.78 is 0. The summed E-state index contributed by atoms with van der Waals surface area (Å²) in [5, 5.41) is 20.1. The fourth-order valence-corrected chi connectivity index (χ4v) is 2.83. The van der Waals surface area contributed by atoms with Gasteiger partial charge in [0.1, 0.15) is 11.4 Å². The zero-order chi connectivity index (χ0) is 21.3. The van der Waals surface area contributed by atoms with Gasteiger partial charge in [0.25, 0.3) is 5.91 Å². The molecule has 0 aromatic heterocycles. The first-order valence-electron chi connectivity index (χ1n) is 9.72. The molecule has 0 fully saturated rings. The zero-order valence-electron chi connectivity index (χ0n) is 16.6. The highest BCUT2D eigenvalue weighted by Crippen LogP contribution is 2.35. The summed E-state index contributed by atoms with van der Waals surface area (Å²) in [4.78, 5) is 13.0. The standard InChI is InChI=1S/C25H19N5O/c31-25(26-19-11-4-1-5-12-19)22-17-10-18-23(29-27-20-13-6-2-7-14-20)24(22)30-28-21-15-8-3-9-16-21/h1-18H,(H,26,31). The average molecular weight is 405 g/mol. The largest absolute Gasteiger partial charge is 0.322 e. The fraction of sp³-hybridized carbons (Fsp3) is 0. The Morgan fingerprint density at radius 3 is 1.71 bits per heavy atom. The fourth-order valence-electron chi connectivity index (χ4n) is 2.83. The van der Waals surface area contributed by atoms with Crippen LogP contribution in [0.25, 0.3) is 0 Å². The van der Waals surface area contributed by atoms with Crippen molar-refractivity contribution in [2.45, 2.75) is 0 Å². The van der Waals surface area contributed by atoms with Gasteiger partial charge in [-0.1, -0.05) is 60.7 Å². The molecule has 4 aromatic carbocycles. The molecule has 4 aromatic rings. The van der Waals surface area contributed by atoms with Gasteiger partial charge < -0.3 is 5.32 Å². The van der Waals surface area contributed by atoms with Crippen molar-refractivity contribution < 1.29 is 4.79 Å². The van der Waals surface area contributed by atoms with Crippen LogP contribution < -0.4 is 5.32 Å². The van der Waals surface area contributed by atoms with Crippen LogP contribution in [-0.4, -0.2) is 5.91 Å². The lowest BCUT2D eigenvalue weighted by molar-refractivity contribution is 0.102. The van der Waals surface area contributed by atoms with E-state index < -0.39 is 0 Å². The maximum atomic E-state index is 13.0. The minimum absolute atomic E-state index is 0.301. The molecule has 0 atom stereocenters. The van der Waals surface area contributed by atoms with E-state index in [1.54, 1.807) is 18.2 Å². The molecule has 6 nitrogen and oxygen atoms in total. The van der Waals surface area contributed by atoms with E-state index in [1.807, 2.05) is 91.0 Å². The van der Waals surface area contributed by atoms with E-state index in [9.17, 15) is 4.79 Å². The number of carbonyl (C=O) groups is 1. The number of para-hydroxylation sites is 1. The van der Waals surface area contributed by atoms with Crippen molar-refractivity contribution in [1.82, 2.24) is 0 Å². The monoisotopic (exact) mass is 405 g/mol. The smallest absolute Gasteiger partial charge is 0.258 e. The number of azo groups is 2. The Kier molecular flexibility index (Phi) is 6.30. The number of nitrogens with one attached hydrogen (secondary N) is 1. The van der Waals surface area contributed by atoms with Crippen LogP contribution in [0.4, 0.5) is 28.4 Å². The van der Waals surface area contributed by atoms with Crippen LogP contribution in [0.2, 0.25) is 0 Å². The highest BCUT2D eigenvalue weighted by atomic mass is 16.1. The Morgan fingerprint density at radius 1 is 0.548 bits per heavy atom. The third-order valence-electron chi connectivity index (χ3n) is 4.34. The van der Waals surface area contributed by atoms with Crippen LogP contribution in [0.3, 0.4) is 0 Å². The first kappa shape index (κ1) is 19.8. The highest BCUT2D eigenvalue weighted by molar-refractivity contribution is 6.09. The quantitative estimate of drug-likeness (QED) is 0.327. The highest BCUT2D eigenvalue weighted by Gasteiger charge is 2.15. The van der Waals surface area contributed by atoms with Gasteiger partial charge in [0.2, 0.25) is 0 Å². The molecule has 0 saturated heterocycles. The molecule has 4 rings (SSSR count). The van der Waals surface area contributed by atoms with Crippen molar-refractivity contribution >= 4 is 34.3 Å². The van der Waals surface area contributed by atoms with E-state index in [4.69, 9.17) is 0 Å². The number of nitrogens with zero attached hydrogens (tertiary/aromatic N) is 4. The van der Waals surface area contributed by atoms with Crippen molar-refractivity contribution in [2.24, 2.45) is 20.5 Å². The van der Waals surface area contributed by atoms with E-state index in [-0.39, 0.29) is 5.91 Å². The predicted octanol–water partition coefficient (Wildman–Crippen LogP) is 7.77. The Hall–Kier alpha value is -4.45. The molecule has 1 amide bonds. The maximum Gasteiger partial charge on any atom is 0.258 e. The summed E-state index contributed by atoms with van der Waals surface area (Å²) in [6.07, 6.45) is 0. The van der Waals surface area contributed by atoms with E-state index in [1.165, 1.54) is 0 Å². The molecule has 0 aliphatic heterocycles. The topological polar surface area (TPSA) is 78.5 Å². The summed E-state index contributed by atoms with van der Waals surface area (Å²) in [6, 6.07) is 33.1. The molecule has 0 aliphatic carbocycles. The Labute approximate surface area is 180 Å². The normalized spacial score (nSPS) is 11.1. The average Bonchev–Trinajstić information content (AvgIpc) is 2.83. The van der Waals surface area contributed by atoms with E-state index in [0.29, 0.717) is 34.0 Å². The van der Waals surface area contributed by atoms with Crippen LogP contribution >= 0.6 is 0 Å². The van der Waals surface area contributed by atoms with Gasteiger partial charge in [-0.05, 0) is 48.5 Å². The van der Waals surface area contributed by atoms with Crippen LogP contribution in [0.1, 0.15) is 10.4 Å². The number of hydrogen-bond acceptors (Lipinski definition) is 5. The number of anilines is 1. The van der Waals surface area contributed by atoms with Crippen LogP contribution in [0, 0.1) is 0 Å². The maximum absolute atomic E-state index is 13.0. The van der Waals surface area contributed by atoms with Gasteiger partial charge in [0, 0.05) is 5.69 Å². The van der Waals surface area contributed by atoms with Gasteiger partial charge >= 0.3 is 0 Å². The minimum atomic E-state index is -0.301. The summed E-state index contributed by atoms with van der Waals surface area (Å²) >= 11 is 0. The summed E-state index contributed by atoms with van der Waals surface area (Å²) in [5.41, 5.74) is 3.21. The molecule has 0 bridgehead atoms. The van der Waals surface area contributed by atoms with E-state index >= 15 is 0 Å². The number of amides is 1. The van der Waals surface area contributed by atoms with Crippen LogP contribution in [-0.2, 0) is 0 Å². The first-order chi connectivity index (χ1) is 15.3. The van der Waals surface area contributed by atoms with Crippen LogP contribution in [0.15, 0.2) is 130 Å². The molecule has 0 spiro atoms. The molecule has 0 saturated carbocycles. The van der Waals surface area contributed by atoms with E-state index in [2.05, 4.69) is 25.8 Å². The van der Waals surface area contributed by atoms with Crippen molar-refractivity contribution in [3.8, 4) is 0 Å². The molecule has 0 heterocycles. The first-order valence-corrected chi connectivity index (χ1v) is 9.72. The number of benzene rings is 4. The predicted molar refractivity (Wildman–Crippen MR) is 122 cm³/mol. The summed E-state index contributed by atoms with van der Waals surface area (Å²) in [7, 11) is 0. The van der Waals surface area contributed by atoms with Gasteiger partial charge in [-0.15, -0.1) is 10.2 Å². The molecule has 0 unspecified atom stereocenters. The molecule has 0 radical (unpaired) electrons. The lowest BCUT2D eigenvalue weighted by Gasteiger charge is -2.08. The molecular formula is C25H19N5O. The molecule has 150 valence electrons. The molecule has 6 heteroatoms. The van der Waals surface area contributed by atoms with Gasteiger partial charge in [-0.2, -0.15) is 10.2 Å². The van der Waals surface area contributed by atoms with Gasteiger partial charge in [0.15, 0.2) is 0 Å². The van der Waals surface area contributed by atoms with Crippen molar-refractivity contribution in [3.05, 3.63) is 115 Å². The Morgan fingerprint density at radius 2 is 1.10 bits per heavy atom. The number of rotatable bonds is 6. The lowest BCUT2D eigenvalue weighted by Crippen LogP contribution is -2.11. The van der Waals surface area contributed by atoms with Gasteiger partial charge in [-0.25, -0.2) is 0 Å². The van der Waals surface area contributed by atoms with E-state index in [0.717, 1.165) is 0 Å². The van der Waals surface area contributed by atoms with Crippen molar-refractivity contribution in [1.29, 1.82) is 0 Å². The Balaban J connectivity index is 1.72. The minimum Gasteiger partial charge on any atom is -0.322 e. The third kappa shape index (κ3) is 5.33. The number of carbonyl (C=O) groups excluding carboxylic acids is 1. The Bertz CT molecular complexity index is 1210. The van der Waals surface area contributed by atoms with Crippen LogP contribution in [0.5, 0.6) is 0 Å². The second kappa shape index (κ2) is 9.84. The molecular weight excluding hydrogens is 386 g/mol. The SMILES string of the molecule is O=C(Nc1ccccc1)c1cccc(N=Nc2ccccc2)c1N=Nc1ccccc1.